The molecule has 2 atom stereocenters. The van der Waals surface area contributed by atoms with Crippen molar-refractivity contribution in [2.24, 2.45) is 11.8 Å². The maximum Gasteiger partial charge on any atom is 0.326 e. The number of nitro groups is 1. The Labute approximate surface area is 231 Å². The molecule has 1 saturated heterocycles. The minimum absolute atomic E-state index is 0.105. The van der Waals surface area contributed by atoms with Gasteiger partial charge in [-0.1, -0.05) is 48.5 Å². The van der Waals surface area contributed by atoms with Crippen molar-refractivity contribution in [2.45, 2.75) is 9.75 Å². The van der Waals surface area contributed by atoms with Crippen LogP contribution in [0.15, 0.2) is 72.8 Å². The Kier molecular flexibility index (Phi) is 5.64. The number of hydrogen-bond acceptors (Lipinski definition) is 7. The zero-order valence-corrected chi connectivity index (χ0v) is 21.5. The van der Waals surface area contributed by atoms with Crippen molar-refractivity contribution in [1.29, 1.82) is 0 Å². The molecule has 9 nitrogen and oxygen atoms in total. The van der Waals surface area contributed by atoms with E-state index in [1.165, 1.54) is 12.1 Å². The number of carbonyl (C=O) groups is 4. The first-order valence-electron chi connectivity index (χ1n) is 12.0. The molecule has 0 spiro atoms. The molecular formula is C28H18Cl2N2O7. The molecule has 0 N–H and O–H groups in total. The fraction of sp³-hybridized carbons (Fsp3) is 0.214. The standard InChI is InChI=1S/C28H18Cl2N2O7/c29-27-17-5-1-2-6-18(17)28(30,20-8-4-3-7-19(20)27)24-23(27)25(35)31(26(24)36)13-22(34)39-14-21(33)15-9-11-16(12-10-15)32(37)38/h1-12,23-24H,13-14H2/t23-,24+,27?,28?. The highest BCUT2D eigenvalue weighted by atomic mass is 35.5. The molecule has 0 aromatic heterocycles. The molecule has 4 aliphatic rings. The van der Waals surface area contributed by atoms with Gasteiger partial charge >= 0.3 is 5.97 Å². The SMILES string of the molecule is O=C(CN1C(=O)[C@@H]2[C@H](C1=O)C1(Cl)c3ccccc3C2(Cl)c2ccccc21)OCC(=O)c1ccc([N+](=O)[O-])cc1. The van der Waals surface area contributed by atoms with Crippen LogP contribution in [0.3, 0.4) is 0 Å². The Bertz CT molecular complexity index is 1480. The van der Waals surface area contributed by atoms with E-state index in [-0.39, 0.29) is 11.3 Å². The van der Waals surface area contributed by atoms with E-state index in [1.54, 1.807) is 48.5 Å². The Morgan fingerprint density at radius 1 is 0.821 bits per heavy atom. The van der Waals surface area contributed by atoms with Gasteiger partial charge in [-0.15, -0.1) is 23.2 Å². The highest BCUT2D eigenvalue weighted by Crippen LogP contribution is 2.69. The van der Waals surface area contributed by atoms with Gasteiger partial charge in [-0.2, -0.15) is 0 Å². The van der Waals surface area contributed by atoms with Crippen LogP contribution in [0.2, 0.25) is 0 Å². The number of rotatable bonds is 6. The van der Waals surface area contributed by atoms with Gasteiger partial charge in [-0.3, -0.25) is 34.2 Å². The molecule has 0 saturated carbocycles. The fourth-order valence-electron chi connectivity index (χ4n) is 6.05. The number of ether oxygens (including phenoxy) is 1. The Morgan fingerprint density at radius 2 is 1.26 bits per heavy atom. The normalized spacial score (nSPS) is 26.1. The number of non-ortho nitro benzene ring substituents is 1. The van der Waals surface area contributed by atoms with Crippen LogP contribution in [0.1, 0.15) is 32.6 Å². The highest BCUT2D eigenvalue weighted by molar-refractivity contribution is 6.36. The van der Waals surface area contributed by atoms with E-state index in [0.29, 0.717) is 22.3 Å². The topological polar surface area (TPSA) is 124 Å². The van der Waals surface area contributed by atoms with E-state index in [1.807, 2.05) is 0 Å². The molecular weight excluding hydrogens is 547 g/mol. The Balaban J connectivity index is 1.26. The number of alkyl halides is 2. The number of carbonyl (C=O) groups excluding carboxylic acids is 4. The minimum Gasteiger partial charge on any atom is -0.456 e. The summed E-state index contributed by atoms with van der Waals surface area (Å²) in [4.78, 5) is 60.8. The summed E-state index contributed by atoms with van der Waals surface area (Å²) in [5, 5.41) is 10.8. The number of amides is 2. The first kappa shape index (κ1) is 25.2. The predicted molar refractivity (Wildman–Crippen MR) is 138 cm³/mol. The van der Waals surface area contributed by atoms with Gasteiger partial charge in [-0.05, 0) is 34.4 Å². The molecule has 196 valence electrons. The van der Waals surface area contributed by atoms with Gasteiger partial charge in [0.05, 0.1) is 16.8 Å². The van der Waals surface area contributed by atoms with Crippen molar-refractivity contribution >= 4 is 52.5 Å². The van der Waals surface area contributed by atoms with Crippen LogP contribution in [0.5, 0.6) is 0 Å². The van der Waals surface area contributed by atoms with Crippen LogP contribution in [0, 0.1) is 22.0 Å². The van der Waals surface area contributed by atoms with Crippen LogP contribution in [0.25, 0.3) is 0 Å². The molecule has 39 heavy (non-hydrogen) atoms. The summed E-state index contributed by atoms with van der Waals surface area (Å²) in [6.45, 7) is -1.39. The average molecular weight is 565 g/mol. The number of ketones is 1. The summed E-state index contributed by atoms with van der Waals surface area (Å²) in [5.41, 5.74) is 2.47. The number of esters is 1. The number of imide groups is 1. The second kappa shape index (κ2) is 8.72. The van der Waals surface area contributed by atoms with Crippen LogP contribution < -0.4 is 0 Å². The van der Waals surface area contributed by atoms with E-state index < -0.39 is 63.2 Å². The predicted octanol–water partition coefficient (Wildman–Crippen LogP) is 3.91. The van der Waals surface area contributed by atoms with E-state index in [0.717, 1.165) is 17.0 Å². The maximum atomic E-state index is 13.7. The number of nitrogens with zero attached hydrogens (tertiary/aromatic N) is 2. The number of nitro benzene ring substituents is 1. The van der Waals surface area contributed by atoms with Gasteiger partial charge in [-0.25, -0.2) is 0 Å². The lowest BCUT2D eigenvalue weighted by molar-refractivity contribution is -0.384. The summed E-state index contributed by atoms with van der Waals surface area (Å²) in [6.07, 6.45) is 0. The van der Waals surface area contributed by atoms with Crippen LogP contribution in [0.4, 0.5) is 5.69 Å². The number of likely N-dealkylation sites (tertiary alicyclic amines) is 1. The zero-order valence-electron chi connectivity index (χ0n) is 20.0. The van der Waals surface area contributed by atoms with Crippen LogP contribution in [-0.2, 0) is 28.9 Å². The summed E-state index contributed by atoms with van der Waals surface area (Å²) in [5.74, 6) is -4.97. The lowest BCUT2D eigenvalue weighted by atomic mass is 9.54. The van der Waals surface area contributed by atoms with E-state index >= 15 is 0 Å². The third kappa shape index (κ3) is 3.39. The van der Waals surface area contributed by atoms with Gasteiger partial charge in [0.15, 0.2) is 12.4 Å². The molecule has 3 aliphatic carbocycles. The molecule has 1 aliphatic heterocycles. The number of halogens is 2. The Morgan fingerprint density at radius 3 is 1.67 bits per heavy atom. The Hall–Kier alpha value is -4.08. The second-order valence-corrected chi connectivity index (χ2v) is 10.8. The van der Waals surface area contributed by atoms with Gasteiger partial charge in [0.25, 0.3) is 5.69 Å². The van der Waals surface area contributed by atoms with Gasteiger partial charge in [0.1, 0.15) is 16.3 Å². The van der Waals surface area contributed by atoms with Crippen molar-refractivity contribution in [3.05, 3.63) is 111 Å². The summed E-state index contributed by atoms with van der Waals surface area (Å²) in [7, 11) is 0. The van der Waals surface area contributed by atoms with E-state index in [9.17, 15) is 29.3 Å². The lowest BCUT2D eigenvalue weighted by Crippen LogP contribution is -2.57. The second-order valence-electron chi connectivity index (χ2n) is 9.62. The lowest BCUT2D eigenvalue weighted by Gasteiger charge is -2.54. The molecule has 7 rings (SSSR count). The number of hydrogen-bond donors (Lipinski definition) is 0. The zero-order chi connectivity index (χ0) is 27.7. The fourth-order valence-corrected chi connectivity index (χ4v) is 7.15. The van der Waals surface area contributed by atoms with Crippen LogP contribution in [-0.4, -0.2) is 46.5 Å². The van der Waals surface area contributed by atoms with Gasteiger partial charge < -0.3 is 4.74 Å². The molecule has 3 aromatic carbocycles. The molecule has 2 amide bonds. The first-order valence-corrected chi connectivity index (χ1v) is 12.7. The number of Topliss-reactive ketones (excluding diaryl/α,β-unsaturated/α-hetero) is 1. The van der Waals surface area contributed by atoms with Crippen molar-refractivity contribution in [2.75, 3.05) is 13.2 Å². The quantitative estimate of drug-likeness (QED) is 0.111. The molecule has 0 unspecified atom stereocenters. The summed E-state index contributed by atoms with van der Waals surface area (Å²) < 4.78 is 5.06. The van der Waals surface area contributed by atoms with Crippen molar-refractivity contribution in [3.63, 3.8) is 0 Å². The van der Waals surface area contributed by atoms with Gasteiger partial charge in [0, 0.05) is 17.7 Å². The highest BCUT2D eigenvalue weighted by Gasteiger charge is 2.73. The minimum atomic E-state index is -1.37. The largest absolute Gasteiger partial charge is 0.456 e. The van der Waals surface area contributed by atoms with Crippen LogP contribution >= 0.6 is 23.2 Å². The molecule has 2 bridgehead atoms. The summed E-state index contributed by atoms with van der Waals surface area (Å²) in [6, 6.07) is 19.2. The molecule has 1 fully saturated rings. The molecule has 0 radical (unpaired) electrons. The molecule has 3 aromatic rings. The third-order valence-electron chi connectivity index (χ3n) is 7.73. The molecule has 11 heteroatoms. The first-order chi connectivity index (χ1) is 18.6. The van der Waals surface area contributed by atoms with Crippen molar-refractivity contribution in [3.8, 4) is 0 Å². The van der Waals surface area contributed by atoms with Gasteiger partial charge in [0.2, 0.25) is 11.8 Å². The summed E-state index contributed by atoms with van der Waals surface area (Å²) >= 11 is 14.6. The van der Waals surface area contributed by atoms with E-state index in [2.05, 4.69) is 0 Å². The van der Waals surface area contributed by atoms with Crippen molar-refractivity contribution in [1.82, 2.24) is 4.90 Å². The third-order valence-corrected chi connectivity index (χ3v) is 9.01. The number of benzene rings is 3. The molecule has 1 heterocycles. The maximum absolute atomic E-state index is 13.7. The van der Waals surface area contributed by atoms with Crippen molar-refractivity contribution < 1.29 is 28.8 Å². The van der Waals surface area contributed by atoms with E-state index in [4.69, 9.17) is 27.9 Å². The monoisotopic (exact) mass is 564 g/mol. The average Bonchev–Trinajstić information content (AvgIpc) is 3.20. The smallest absolute Gasteiger partial charge is 0.326 e.